The van der Waals surface area contributed by atoms with Crippen molar-refractivity contribution in [1.82, 2.24) is 0 Å². The molecule has 0 saturated heterocycles. The maximum atomic E-state index is 8.55. The summed E-state index contributed by atoms with van der Waals surface area (Å²) in [5.41, 5.74) is 6.27. The second kappa shape index (κ2) is 3.10. The molecule has 44 valence electrons. The van der Waals surface area contributed by atoms with E-state index in [9.17, 15) is 0 Å². The van der Waals surface area contributed by atoms with E-state index < -0.39 is 12.1 Å². The maximum Gasteiger partial charge on any atom is 0.180 e. The number of aliphatic hydroxyl groups is 1. The van der Waals surface area contributed by atoms with Gasteiger partial charge in [0.15, 0.2) is 6.23 Å². The normalized spacial score (nSPS) is 16.1. The van der Waals surface area contributed by atoms with Crippen LogP contribution in [0.25, 0.3) is 0 Å². The fourth-order valence-corrected chi connectivity index (χ4v) is 0.178. The van der Waals surface area contributed by atoms with Gasteiger partial charge in [0.2, 0.25) is 0 Å². The second-order valence-corrected chi connectivity index (χ2v) is 1.46. The fourth-order valence-electron chi connectivity index (χ4n) is 0.178. The molecule has 4 nitrogen and oxygen atoms in total. The van der Waals surface area contributed by atoms with E-state index in [4.69, 9.17) is 15.9 Å². The molecule has 2 atom stereocenters. The predicted octanol–water partition coefficient (Wildman–Crippen LogP) is 0.495. The molecule has 0 spiro atoms. The highest BCUT2D eigenvalue weighted by Gasteiger charge is 2.09. The topological polar surface area (TPSA) is 80.2 Å². The lowest BCUT2D eigenvalue weighted by atomic mass is 10.2. The summed E-state index contributed by atoms with van der Waals surface area (Å²) in [6, 6.07) is 1.75. The van der Waals surface area contributed by atoms with Crippen molar-refractivity contribution < 1.29 is 5.11 Å². The summed E-state index contributed by atoms with van der Waals surface area (Å²) in [6.45, 7) is 1.50. The maximum absolute atomic E-state index is 8.55. The average molecular weight is 113 g/mol. The molecule has 0 saturated carbocycles. The molecule has 8 heavy (non-hydrogen) atoms. The first-order valence-corrected chi connectivity index (χ1v) is 2.16. The SMILES string of the molecule is CC(C#N)C(O)N=N. The zero-order valence-corrected chi connectivity index (χ0v) is 4.50. The van der Waals surface area contributed by atoms with E-state index in [-0.39, 0.29) is 0 Å². The number of rotatable bonds is 2. The third-order valence-electron chi connectivity index (χ3n) is 0.783. The van der Waals surface area contributed by atoms with E-state index in [1.807, 2.05) is 0 Å². The molecule has 0 aliphatic carbocycles. The van der Waals surface area contributed by atoms with Crippen LogP contribution in [-0.4, -0.2) is 11.3 Å². The van der Waals surface area contributed by atoms with Crippen LogP contribution < -0.4 is 0 Å². The second-order valence-electron chi connectivity index (χ2n) is 1.46. The Balaban J connectivity index is 3.66. The zero-order chi connectivity index (χ0) is 6.57. The monoisotopic (exact) mass is 113 g/mol. The van der Waals surface area contributed by atoms with Crippen LogP contribution in [0.4, 0.5) is 0 Å². The molecule has 0 aliphatic rings. The van der Waals surface area contributed by atoms with Crippen LogP contribution in [0.1, 0.15) is 6.92 Å². The summed E-state index contributed by atoms with van der Waals surface area (Å²) in [4.78, 5) is 0. The smallest absolute Gasteiger partial charge is 0.180 e. The van der Waals surface area contributed by atoms with E-state index >= 15 is 0 Å². The Morgan fingerprint density at radius 3 is 2.50 bits per heavy atom. The van der Waals surface area contributed by atoms with Gasteiger partial charge in [-0.05, 0) is 6.92 Å². The molecule has 0 aromatic carbocycles. The van der Waals surface area contributed by atoms with Gasteiger partial charge in [-0.1, -0.05) is 0 Å². The summed E-state index contributed by atoms with van der Waals surface area (Å²) in [6.07, 6.45) is -1.15. The number of aliphatic hydroxyl groups excluding tert-OH is 1. The van der Waals surface area contributed by atoms with Gasteiger partial charge in [0.1, 0.15) is 0 Å². The molecule has 2 unspecified atom stereocenters. The molecule has 0 aliphatic heterocycles. The van der Waals surface area contributed by atoms with Crippen molar-refractivity contribution in [2.75, 3.05) is 0 Å². The van der Waals surface area contributed by atoms with Crippen molar-refractivity contribution in [3.63, 3.8) is 0 Å². The molecular weight excluding hydrogens is 106 g/mol. The van der Waals surface area contributed by atoms with Crippen molar-refractivity contribution in [3.05, 3.63) is 0 Å². The lowest BCUT2D eigenvalue weighted by molar-refractivity contribution is 0.139. The molecule has 0 radical (unpaired) electrons. The molecule has 0 bridgehead atoms. The zero-order valence-electron chi connectivity index (χ0n) is 4.50. The van der Waals surface area contributed by atoms with Crippen LogP contribution in [0.15, 0.2) is 5.11 Å². The summed E-state index contributed by atoms with van der Waals surface area (Å²) < 4.78 is 0. The molecule has 0 rings (SSSR count). The van der Waals surface area contributed by atoms with Gasteiger partial charge in [0, 0.05) is 0 Å². The highest BCUT2D eigenvalue weighted by Crippen LogP contribution is 1.99. The van der Waals surface area contributed by atoms with Crippen LogP contribution in [0.3, 0.4) is 0 Å². The van der Waals surface area contributed by atoms with Crippen molar-refractivity contribution in [2.24, 2.45) is 11.0 Å². The highest BCUT2D eigenvalue weighted by molar-refractivity contribution is 4.82. The Morgan fingerprint density at radius 1 is 1.88 bits per heavy atom. The first-order chi connectivity index (χ1) is 3.72. The first-order valence-electron chi connectivity index (χ1n) is 2.16. The minimum absolute atomic E-state index is 0.576. The van der Waals surface area contributed by atoms with Gasteiger partial charge >= 0.3 is 0 Å². The Hall–Kier alpha value is -0.950. The van der Waals surface area contributed by atoms with Crippen LogP contribution in [0.2, 0.25) is 0 Å². The summed E-state index contributed by atoms with van der Waals surface area (Å²) in [5.74, 6) is -0.576. The van der Waals surface area contributed by atoms with Crippen molar-refractivity contribution >= 4 is 0 Å². The van der Waals surface area contributed by atoms with Crippen molar-refractivity contribution in [3.8, 4) is 6.07 Å². The number of hydrogen-bond acceptors (Lipinski definition) is 4. The van der Waals surface area contributed by atoms with Crippen LogP contribution in [0, 0.1) is 22.8 Å². The van der Waals surface area contributed by atoms with E-state index in [0.717, 1.165) is 0 Å². The molecule has 0 aromatic heterocycles. The van der Waals surface area contributed by atoms with E-state index in [0.29, 0.717) is 0 Å². The van der Waals surface area contributed by atoms with Crippen LogP contribution >= 0.6 is 0 Å². The molecule has 0 aromatic rings. The van der Waals surface area contributed by atoms with Gasteiger partial charge in [-0.15, -0.1) is 0 Å². The van der Waals surface area contributed by atoms with Crippen LogP contribution in [0.5, 0.6) is 0 Å². The van der Waals surface area contributed by atoms with Gasteiger partial charge in [0.25, 0.3) is 0 Å². The van der Waals surface area contributed by atoms with E-state index in [1.165, 1.54) is 6.92 Å². The summed E-state index contributed by atoms with van der Waals surface area (Å²) in [5, 5.41) is 19.4. The van der Waals surface area contributed by atoms with Crippen molar-refractivity contribution in [2.45, 2.75) is 13.2 Å². The molecule has 4 heteroatoms. The molecule has 0 amide bonds. The minimum Gasteiger partial charge on any atom is -0.369 e. The minimum atomic E-state index is -1.15. The van der Waals surface area contributed by atoms with Crippen LogP contribution in [-0.2, 0) is 0 Å². The Labute approximate surface area is 47.3 Å². The number of nitrogens with one attached hydrogen (secondary N) is 1. The van der Waals surface area contributed by atoms with Crippen molar-refractivity contribution in [1.29, 1.82) is 10.8 Å². The lowest BCUT2D eigenvalue weighted by Gasteiger charge is -2.01. The van der Waals surface area contributed by atoms with Gasteiger partial charge in [-0.3, -0.25) is 0 Å². The molecule has 0 heterocycles. The molecule has 2 N–H and O–H groups in total. The largest absolute Gasteiger partial charge is 0.369 e. The van der Waals surface area contributed by atoms with Gasteiger partial charge in [0.05, 0.1) is 12.0 Å². The Bertz CT molecular complexity index is 117. The third kappa shape index (κ3) is 1.67. The highest BCUT2D eigenvalue weighted by atomic mass is 16.3. The fraction of sp³-hybridized carbons (Fsp3) is 0.750. The molecular formula is C4H7N3O. The van der Waals surface area contributed by atoms with E-state index in [2.05, 4.69) is 5.11 Å². The average Bonchev–Trinajstić information content (AvgIpc) is 1.84. The van der Waals surface area contributed by atoms with Gasteiger partial charge in [-0.2, -0.15) is 10.4 Å². The van der Waals surface area contributed by atoms with Gasteiger partial charge < -0.3 is 5.11 Å². The first kappa shape index (κ1) is 7.05. The quantitative estimate of drug-likeness (QED) is 0.511. The Kier molecular flexibility index (Phi) is 2.74. The van der Waals surface area contributed by atoms with E-state index in [1.54, 1.807) is 6.07 Å². The molecule has 0 fully saturated rings. The standard InChI is InChI=1S/C4H7N3O/c1-3(2-5)4(8)7-6/h3-4,6,8H,1H3. The lowest BCUT2D eigenvalue weighted by Crippen LogP contribution is -2.11. The summed E-state index contributed by atoms with van der Waals surface area (Å²) >= 11 is 0. The summed E-state index contributed by atoms with van der Waals surface area (Å²) in [7, 11) is 0. The van der Waals surface area contributed by atoms with Gasteiger partial charge in [-0.25, -0.2) is 5.53 Å². The number of nitrogens with zero attached hydrogens (tertiary/aromatic N) is 2. The third-order valence-corrected chi connectivity index (χ3v) is 0.783. The Morgan fingerprint density at radius 2 is 2.38 bits per heavy atom. The number of nitriles is 1. The predicted molar refractivity (Wildman–Crippen MR) is 25.9 cm³/mol. The number of hydrogen-bond donors (Lipinski definition) is 2.